The van der Waals surface area contributed by atoms with E-state index in [1.54, 1.807) is 23.1 Å². The molecule has 0 radical (unpaired) electrons. The number of nitrogens with zero attached hydrogens (tertiary/aromatic N) is 3. The van der Waals surface area contributed by atoms with Crippen LogP contribution in [0.4, 0.5) is 10.1 Å². The number of ether oxygens (including phenoxy) is 1. The van der Waals surface area contributed by atoms with Gasteiger partial charge in [-0.2, -0.15) is 9.78 Å². The van der Waals surface area contributed by atoms with Crippen LogP contribution in [0.5, 0.6) is 5.75 Å². The van der Waals surface area contributed by atoms with Crippen LogP contribution in [-0.4, -0.2) is 28.8 Å². The van der Waals surface area contributed by atoms with E-state index in [0.717, 1.165) is 11.1 Å². The molecule has 0 aliphatic carbocycles. The highest BCUT2D eigenvalue weighted by molar-refractivity contribution is 6.07. The van der Waals surface area contributed by atoms with Gasteiger partial charge in [0.2, 0.25) is 0 Å². The Hall–Kier alpha value is -3.48. The Morgan fingerprint density at radius 1 is 1.17 bits per heavy atom. The van der Waals surface area contributed by atoms with Crippen molar-refractivity contribution in [2.45, 2.75) is 32.7 Å². The average Bonchev–Trinajstić information content (AvgIpc) is 2.74. The first-order valence-electron chi connectivity index (χ1n) is 9.76. The zero-order valence-electron chi connectivity index (χ0n) is 17.1. The van der Waals surface area contributed by atoms with Crippen molar-refractivity contribution in [2.75, 3.05) is 12.0 Å². The first-order chi connectivity index (χ1) is 14.4. The largest absolute Gasteiger partial charge is 0.494 e. The third kappa shape index (κ3) is 3.47. The smallest absolute Gasteiger partial charge is 0.282 e. The molecule has 0 bridgehead atoms. The summed E-state index contributed by atoms with van der Waals surface area (Å²) in [5, 5.41) is 4.36. The summed E-state index contributed by atoms with van der Waals surface area (Å²) in [5.74, 6) is -0.623. The summed E-state index contributed by atoms with van der Waals surface area (Å²) >= 11 is 0. The van der Waals surface area contributed by atoms with Crippen LogP contribution in [0.2, 0.25) is 0 Å². The Morgan fingerprint density at radius 2 is 1.90 bits per heavy atom. The summed E-state index contributed by atoms with van der Waals surface area (Å²) in [4.78, 5) is 27.8. The van der Waals surface area contributed by atoms with Gasteiger partial charge in [-0.25, -0.2) is 4.39 Å². The molecule has 0 saturated carbocycles. The third-order valence-electron chi connectivity index (χ3n) is 5.39. The Bertz CT molecular complexity index is 1170. The fraction of sp³-hybridized carbons (Fsp3) is 0.261. The third-order valence-corrected chi connectivity index (χ3v) is 5.39. The van der Waals surface area contributed by atoms with Gasteiger partial charge in [-0.3, -0.25) is 9.59 Å². The minimum Gasteiger partial charge on any atom is -0.494 e. The first kappa shape index (κ1) is 19.8. The quantitative estimate of drug-likeness (QED) is 0.665. The summed E-state index contributed by atoms with van der Waals surface area (Å²) in [6.45, 7) is 3.88. The van der Waals surface area contributed by atoms with Crippen LogP contribution in [0.1, 0.15) is 35.0 Å². The van der Waals surface area contributed by atoms with E-state index in [9.17, 15) is 14.0 Å². The van der Waals surface area contributed by atoms with Gasteiger partial charge in [0, 0.05) is 11.7 Å². The fourth-order valence-corrected chi connectivity index (χ4v) is 3.76. The maximum Gasteiger partial charge on any atom is 0.282 e. The molecule has 4 rings (SSSR count). The van der Waals surface area contributed by atoms with Crippen LogP contribution in [-0.2, 0) is 6.42 Å². The molecule has 1 aliphatic heterocycles. The van der Waals surface area contributed by atoms with E-state index in [0.29, 0.717) is 24.2 Å². The zero-order chi connectivity index (χ0) is 21.4. The number of benzene rings is 2. The van der Waals surface area contributed by atoms with Crippen LogP contribution < -0.4 is 15.2 Å². The van der Waals surface area contributed by atoms with Crippen molar-refractivity contribution in [1.29, 1.82) is 0 Å². The Labute approximate surface area is 173 Å². The number of fused-ring (bicyclic) bond motifs is 1. The van der Waals surface area contributed by atoms with Crippen LogP contribution in [0.3, 0.4) is 0 Å². The van der Waals surface area contributed by atoms with Gasteiger partial charge in [0.1, 0.15) is 5.82 Å². The molecule has 0 N–H and O–H groups in total. The molecule has 3 aromatic rings. The van der Waals surface area contributed by atoms with Crippen LogP contribution in [0, 0.1) is 12.7 Å². The Kier molecular flexibility index (Phi) is 5.11. The summed E-state index contributed by atoms with van der Waals surface area (Å²) in [6, 6.07) is 12.8. The number of rotatable bonds is 3. The molecule has 154 valence electrons. The second kappa shape index (κ2) is 7.74. The van der Waals surface area contributed by atoms with Gasteiger partial charge in [-0.15, -0.1) is 0 Å². The van der Waals surface area contributed by atoms with Crippen LogP contribution in [0.15, 0.2) is 53.3 Å². The molecule has 7 heteroatoms. The second-order valence-electron chi connectivity index (χ2n) is 7.48. The predicted octanol–water partition coefficient (Wildman–Crippen LogP) is 3.67. The molecule has 1 atom stereocenters. The van der Waals surface area contributed by atoms with Gasteiger partial charge < -0.3 is 9.64 Å². The van der Waals surface area contributed by atoms with Gasteiger partial charge in [-0.1, -0.05) is 17.7 Å². The Morgan fingerprint density at radius 3 is 2.60 bits per heavy atom. The lowest BCUT2D eigenvalue weighted by Crippen LogP contribution is -2.43. The number of carbonyl (C=O) groups excluding carboxylic acids is 1. The van der Waals surface area contributed by atoms with Gasteiger partial charge in [0.15, 0.2) is 11.4 Å². The predicted molar refractivity (Wildman–Crippen MR) is 112 cm³/mol. The molecule has 2 heterocycles. The van der Waals surface area contributed by atoms with Gasteiger partial charge in [-0.05, 0) is 62.6 Å². The number of amides is 1. The van der Waals surface area contributed by atoms with Gasteiger partial charge in [0.05, 0.1) is 18.9 Å². The van der Waals surface area contributed by atoms with Crippen molar-refractivity contribution in [3.05, 3.63) is 81.5 Å². The highest BCUT2D eigenvalue weighted by Gasteiger charge is 2.32. The van der Waals surface area contributed by atoms with E-state index in [1.807, 2.05) is 26.0 Å². The van der Waals surface area contributed by atoms with E-state index >= 15 is 0 Å². The van der Waals surface area contributed by atoms with E-state index in [-0.39, 0.29) is 23.3 Å². The molecule has 0 spiro atoms. The summed E-state index contributed by atoms with van der Waals surface area (Å²) in [5.41, 5.74) is 2.64. The SMILES string of the molecule is COc1cc(=O)n(-c2ccc(C)cc2)nc1C(=O)N1c2ccc(F)cc2CC[C@H]1C. The number of halogens is 1. The number of aryl methyl sites for hydroxylation is 2. The molecule has 1 amide bonds. The van der Waals surface area contributed by atoms with Crippen molar-refractivity contribution < 1.29 is 13.9 Å². The number of carbonyl (C=O) groups is 1. The molecule has 1 aliphatic rings. The first-order valence-corrected chi connectivity index (χ1v) is 9.76. The number of anilines is 1. The summed E-state index contributed by atoms with van der Waals surface area (Å²) in [6.07, 6.45) is 1.38. The highest BCUT2D eigenvalue weighted by Crippen LogP contribution is 2.33. The van der Waals surface area contributed by atoms with Crippen molar-refractivity contribution >= 4 is 11.6 Å². The second-order valence-corrected chi connectivity index (χ2v) is 7.48. The topological polar surface area (TPSA) is 64.4 Å². The number of hydrogen-bond donors (Lipinski definition) is 0. The lowest BCUT2D eigenvalue weighted by molar-refractivity contribution is 0.0965. The molecule has 1 aromatic heterocycles. The lowest BCUT2D eigenvalue weighted by Gasteiger charge is -2.35. The minimum atomic E-state index is -0.401. The lowest BCUT2D eigenvalue weighted by atomic mass is 9.96. The molecule has 2 aromatic carbocycles. The maximum atomic E-state index is 13.7. The summed E-state index contributed by atoms with van der Waals surface area (Å²) < 4.78 is 20.2. The van der Waals surface area contributed by atoms with E-state index in [2.05, 4.69) is 5.10 Å². The highest BCUT2D eigenvalue weighted by atomic mass is 19.1. The maximum absolute atomic E-state index is 13.7. The van der Waals surface area contributed by atoms with Crippen molar-refractivity contribution in [3.8, 4) is 11.4 Å². The zero-order valence-corrected chi connectivity index (χ0v) is 17.1. The molecule has 30 heavy (non-hydrogen) atoms. The molecule has 6 nitrogen and oxygen atoms in total. The van der Waals surface area contributed by atoms with Crippen molar-refractivity contribution in [1.82, 2.24) is 9.78 Å². The van der Waals surface area contributed by atoms with Crippen molar-refractivity contribution in [3.63, 3.8) is 0 Å². The number of aromatic nitrogens is 2. The molecule has 0 unspecified atom stereocenters. The van der Waals surface area contributed by atoms with Crippen molar-refractivity contribution in [2.24, 2.45) is 0 Å². The van der Waals surface area contributed by atoms with E-state index < -0.39 is 11.5 Å². The van der Waals surface area contributed by atoms with Crippen LogP contribution >= 0.6 is 0 Å². The number of methoxy groups -OCH3 is 1. The standard InChI is InChI=1S/C23H22FN3O3/c1-14-4-9-18(10-5-14)27-21(28)13-20(30-3)22(25-27)23(29)26-15(2)6-7-16-12-17(24)8-11-19(16)26/h4-5,8-13,15H,6-7H2,1-3H3/t15-/m1/s1. The van der Waals surface area contributed by atoms with Crippen LogP contribution in [0.25, 0.3) is 5.69 Å². The summed E-state index contributed by atoms with van der Waals surface area (Å²) in [7, 11) is 1.40. The molecular weight excluding hydrogens is 385 g/mol. The Balaban J connectivity index is 1.84. The van der Waals surface area contributed by atoms with E-state index in [4.69, 9.17) is 4.74 Å². The minimum absolute atomic E-state index is 0.0294. The normalized spacial score (nSPS) is 15.6. The van der Waals surface area contributed by atoms with E-state index in [1.165, 1.54) is 30.0 Å². The van der Waals surface area contributed by atoms with Gasteiger partial charge >= 0.3 is 0 Å². The average molecular weight is 407 g/mol. The monoisotopic (exact) mass is 407 g/mol. The molecule has 0 fully saturated rings. The van der Waals surface area contributed by atoms with Gasteiger partial charge in [0.25, 0.3) is 11.5 Å². The number of hydrogen-bond acceptors (Lipinski definition) is 4. The molecule has 0 saturated heterocycles. The fourth-order valence-electron chi connectivity index (χ4n) is 3.76. The molecular formula is C23H22FN3O3.